The Kier molecular flexibility index (Phi) is 5.18. The second kappa shape index (κ2) is 5.34. The van der Waals surface area contributed by atoms with E-state index in [1.54, 1.807) is 0 Å². The lowest BCUT2D eigenvalue weighted by Gasteiger charge is -2.04. The first-order valence-corrected chi connectivity index (χ1v) is 4.60. The van der Waals surface area contributed by atoms with Gasteiger partial charge in [-0.1, -0.05) is 20.8 Å². The number of allylic oxidation sites excluding steroid dienone is 2. The van der Waals surface area contributed by atoms with Crippen molar-refractivity contribution in [3.63, 3.8) is 0 Å². The summed E-state index contributed by atoms with van der Waals surface area (Å²) in [5.41, 5.74) is 0.998. The van der Waals surface area contributed by atoms with Crippen molar-refractivity contribution < 1.29 is 4.39 Å². The van der Waals surface area contributed by atoms with Crippen LogP contribution in [0.2, 0.25) is 0 Å². The highest BCUT2D eigenvalue weighted by atomic mass is 19.1. The molecule has 0 spiro atoms. The van der Waals surface area contributed by atoms with E-state index in [0.29, 0.717) is 12.3 Å². The van der Waals surface area contributed by atoms with Crippen LogP contribution in [-0.4, -0.2) is 0 Å². The lowest BCUT2D eigenvalue weighted by Crippen LogP contribution is -1.92. The van der Waals surface area contributed by atoms with Crippen LogP contribution in [0.4, 0.5) is 4.39 Å². The third kappa shape index (κ3) is 2.64. The molecule has 1 unspecified atom stereocenters. The molecule has 1 aliphatic carbocycles. The largest absolute Gasteiger partial charge is 0.212 e. The zero-order valence-corrected chi connectivity index (χ0v) is 8.08. The van der Waals surface area contributed by atoms with E-state index in [1.807, 2.05) is 20.8 Å². The van der Waals surface area contributed by atoms with Gasteiger partial charge in [0.15, 0.2) is 0 Å². The molecule has 0 saturated heterocycles. The van der Waals surface area contributed by atoms with Gasteiger partial charge in [-0.2, -0.15) is 0 Å². The van der Waals surface area contributed by atoms with E-state index in [2.05, 4.69) is 6.92 Å². The van der Waals surface area contributed by atoms with Gasteiger partial charge in [-0.25, -0.2) is 4.39 Å². The van der Waals surface area contributed by atoms with Crippen LogP contribution in [0.5, 0.6) is 0 Å². The van der Waals surface area contributed by atoms with Gasteiger partial charge in [0.2, 0.25) is 0 Å². The Labute approximate surface area is 69.5 Å². The highest BCUT2D eigenvalue weighted by Gasteiger charge is 2.19. The quantitative estimate of drug-likeness (QED) is 0.539. The second-order valence-electron chi connectivity index (χ2n) is 2.73. The first-order valence-electron chi connectivity index (χ1n) is 4.60. The zero-order valence-electron chi connectivity index (χ0n) is 8.08. The number of hydrogen-bond donors (Lipinski definition) is 0. The van der Waals surface area contributed by atoms with E-state index < -0.39 is 0 Å². The molecule has 0 aromatic rings. The molecule has 1 rings (SSSR count). The molecule has 0 amide bonds. The van der Waals surface area contributed by atoms with E-state index in [9.17, 15) is 4.39 Å². The van der Waals surface area contributed by atoms with Gasteiger partial charge in [-0.15, -0.1) is 0 Å². The second-order valence-corrected chi connectivity index (χ2v) is 2.73. The fourth-order valence-electron chi connectivity index (χ4n) is 1.45. The predicted molar refractivity (Wildman–Crippen MR) is 48.2 cm³/mol. The maximum Gasteiger partial charge on any atom is 0.0991 e. The normalized spacial score (nSPS) is 23.2. The van der Waals surface area contributed by atoms with Crippen LogP contribution in [-0.2, 0) is 0 Å². The minimum atomic E-state index is 0.141. The van der Waals surface area contributed by atoms with Crippen LogP contribution >= 0.6 is 0 Å². The summed E-state index contributed by atoms with van der Waals surface area (Å²) in [5, 5.41) is 0. The molecule has 11 heavy (non-hydrogen) atoms. The van der Waals surface area contributed by atoms with Crippen molar-refractivity contribution in [3.8, 4) is 0 Å². The van der Waals surface area contributed by atoms with Crippen LogP contribution in [0, 0.1) is 5.92 Å². The van der Waals surface area contributed by atoms with Crippen LogP contribution in [0.3, 0.4) is 0 Å². The van der Waals surface area contributed by atoms with Crippen molar-refractivity contribution in [1.82, 2.24) is 0 Å². The molecular weight excluding hydrogens is 139 g/mol. The van der Waals surface area contributed by atoms with Crippen molar-refractivity contribution in [1.29, 1.82) is 0 Å². The van der Waals surface area contributed by atoms with Gasteiger partial charge in [0, 0.05) is 0 Å². The van der Waals surface area contributed by atoms with Crippen molar-refractivity contribution in [3.05, 3.63) is 11.4 Å². The van der Waals surface area contributed by atoms with E-state index in [-0.39, 0.29) is 5.83 Å². The maximum absolute atomic E-state index is 12.6. The molecule has 66 valence electrons. The highest BCUT2D eigenvalue weighted by molar-refractivity contribution is 5.14. The lowest BCUT2D eigenvalue weighted by molar-refractivity contribution is 0.572. The average Bonchev–Trinajstić information content (AvgIpc) is 2.37. The molecule has 0 aromatic carbocycles. The Hall–Kier alpha value is -0.330. The van der Waals surface area contributed by atoms with Crippen LogP contribution < -0.4 is 0 Å². The van der Waals surface area contributed by atoms with Crippen molar-refractivity contribution >= 4 is 0 Å². The zero-order chi connectivity index (χ0) is 8.85. The Morgan fingerprint density at radius 1 is 1.45 bits per heavy atom. The minimum absolute atomic E-state index is 0.141. The number of rotatable bonds is 1. The number of halogens is 1. The highest BCUT2D eigenvalue weighted by Crippen LogP contribution is 2.33. The standard InChI is InChI=1S/C8H13F.C2H6/c1-3-7-4-5-8(9)6(7)2;1-2/h7H,3-5H2,1-2H3;1-2H3. The van der Waals surface area contributed by atoms with Gasteiger partial charge in [0.25, 0.3) is 0 Å². The average molecular weight is 158 g/mol. The molecule has 0 N–H and O–H groups in total. The molecule has 0 nitrogen and oxygen atoms in total. The van der Waals surface area contributed by atoms with Crippen molar-refractivity contribution in [2.24, 2.45) is 5.92 Å². The molecule has 0 aromatic heterocycles. The summed E-state index contributed by atoms with van der Waals surface area (Å²) in [6, 6.07) is 0. The fraction of sp³-hybridized carbons (Fsp3) is 0.800. The molecule has 1 atom stereocenters. The Morgan fingerprint density at radius 2 is 2.00 bits per heavy atom. The topological polar surface area (TPSA) is 0 Å². The Bertz CT molecular complexity index is 136. The summed E-state index contributed by atoms with van der Waals surface area (Å²) in [4.78, 5) is 0. The summed E-state index contributed by atoms with van der Waals surface area (Å²) in [5.74, 6) is 0.687. The Balaban J connectivity index is 0.000000461. The molecule has 1 aliphatic rings. The van der Waals surface area contributed by atoms with E-state index in [1.165, 1.54) is 0 Å². The Morgan fingerprint density at radius 3 is 2.18 bits per heavy atom. The van der Waals surface area contributed by atoms with Gasteiger partial charge in [0.1, 0.15) is 0 Å². The molecule has 0 aliphatic heterocycles. The summed E-state index contributed by atoms with van der Waals surface area (Å²) in [6.07, 6.45) is 2.82. The third-order valence-corrected chi connectivity index (χ3v) is 2.25. The molecule has 1 heteroatoms. The molecule has 0 saturated carbocycles. The van der Waals surface area contributed by atoms with Gasteiger partial charge in [0.05, 0.1) is 5.83 Å². The summed E-state index contributed by atoms with van der Waals surface area (Å²) in [7, 11) is 0. The lowest BCUT2D eigenvalue weighted by atomic mass is 10.0. The van der Waals surface area contributed by atoms with Gasteiger partial charge in [-0.3, -0.25) is 0 Å². The van der Waals surface area contributed by atoms with E-state index >= 15 is 0 Å². The molecule has 0 bridgehead atoms. The van der Waals surface area contributed by atoms with Gasteiger partial charge in [-0.05, 0) is 37.7 Å². The third-order valence-electron chi connectivity index (χ3n) is 2.25. The first kappa shape index (κ1) is 10.7. The van der Waals surface area contributed by atoms with Gasteiger partial charge >= 0.3 is 0 Å². The fourth-order valence-corrected chi connectivity index (χ4v) is 1.45. The van der Waals surface area contributed by atoms with Gasteiger partial charge < -0.3 is 0 Å². The summed E-state index contributed by atoms with van der Waals surface area (Å²) >= 11 is 0. The molecule has 0 radical (unpaired) electrons. The maximum atomic E-state index is 12.6. The first-order chi connectivity index (χ1) is 5.25. The van der Waals surface area contributed by atoms with Crippen molar-refractivity contribution in [2.75, 3.05) is 0 Å². The van der Waals surface area contributed by atoms with Crippen LogP contribution in [0.25, 0.3) is 0 Å². The number of hydrogen-bond acceptors (Lipinski definition) is 0. The molecule has 0 fully saturated rings. The summed E-state index contributed by atoms with van der Waals surface area (Å²) in [6.45, 7) is 8.03. The predicted octanol–water partition coefficient (Wildman–Crippen LogP) is 4.08. The smallest absolute Gasteiger partial charge is 0.0991 e. The van der Waals surface area contributed by atoms with E-state index in [0.717, 1.165) is 18.4 Å². The minimum Gasteiger partial charge on any atom is -0.212 e. The molecular formula is C10H19F. The summed E-state index contributed by atoms with van der Waals surface area (Å²) < 4.78 is 12.6. The van der Waals surface area contributed by atoms with Crippen LogP contribution in [0.1, 0.15) is 47.0 Å². The molecule has 0 heterocycles. The SMILES string of the molecule is CC.CCC1CCC(F)=C1C. The van der Waals surface area contributed by atoms with Crippen molar-refractivity contribution in [2.45, 2.75) is 47.0 Å². The monoisotopic (exact) mass is 158 g/mol. The van der Waals surface area contributed by atoms with Crippen LogP contribution in [0.15, 0.2) is 11.4 Å². The van der Waals surface area contributed by atoms with E-state index in [4.69, 9.17) is 0 Å².